The maximum atomic E-state index is 13.0. The largest absolute Gasteiger partial charge is 0.337 e. The van der Waals surface area contributed by atoms with Crippen molar-refractivity contribution in [2.45, 2.75) is 19.4 Å². The second-order valence-electron chi connectivity index (χ2n) is 6.41. The molecular weight excluding hydrogens is 329 g/mol. The van der Waals surface area contributed by atoms with Gasteiger partial charge in [-0.2, -0.15) is 0 Å². The highest BCUT2D eigenvalue weighted by Gasteiger charge is 2.26. The molecule has 0 radical (unpaired) electrons. The van der Waals surface area contributed by atoms with Gasteiger partial charge in [0.25, 0.3) is 5.91 Å². The van der Waals surface area contributed by atoms with Gasteiger partial charge in [-0.15, -0.1) is 0 Å². The molecule has 1 aliphatic heterocycles. The highest BCUT2D eigenvalue weighted by atomic mass is 19.1. The molecule has 0 fully saturated rings. The van der Waals surface area contributed by atoms with Crippen LogP contribution >= 0.6 is 0 Å². The number of carbonyl (C=O) groups excluding carboxylic acids is 1. The molecule has 2 heterocycles. The van der Waals surface area contributed by atoms with E-state index in [1.807, 2.05) is 12.1 Å². The van der Waals surface area contributed by atoms with E-state index < -0.39 is 0 Å². The highest BCUT2D eigenvalue weighted by Crippen LogP contribution is 2.37. The second-order valence-corrected chi connectivity index (χ2v) is 6.41. The van der Waals surface area contributed by atoms with Crippen LogP contribution in [0.5, 0.6) is 0 Å². The number of aromatic nitrogens is 1. The zero-order valence-electron chi connectivity index (χ0n) is 14.3. The third-order valence-electron chi connectivity index (χ3n) is 4.58. The van der Waals surface area contributed by atoms with Crippen molar-refractivity contribution < 1.29 is 9.18 Å². The summed E-state index contributed by atoms with van der Waals surface area (Å²) in [7, 11) is 0. The number of rotatable bonds is 3. The smallest absolute Gasteiger partial charge is 0.256 e. The van der Waals surface area contributed by atoms with E-state index in [4.69, 9.17) is 0 Å². The molecule has 1 aliphatic rings. The predicted molar refractivity (Wildman–Crippen MR) is 100 cm³/mol. The van der Waals surface area contributed by atoms with E-state index in [-0.39, 0.29) is 11.7 Å². The maximum Gasteiger partial charge on any atom is 0.256 e. The molecule has 4 rings (SSSR count). The molecule has 0 saturated carbocycles. The van der Waals surface area contributed by atoms with Crippen LogP contribution in [0.4, 0.5) is 21.6 Å². The fraction of sp³-hybridized carbons (Fsp3) is 0.143. The van der Waals surface area contributed by atoms with E-state index in [0.29, 0.717) is 17.4 Å². The van der Waals surface area contributed by atoms with E-state index in [1.54, 1.807) is 12.3 Å². The van der Waals surface area contributed by atoms with Crippen molar-refractivity contribution in [2.24, 2.45) is 0 Å². The Morgan fingerprint density at radius 2 is 1.88 bits per heavy atom. The number of anilines is 3. The summed E-state index contributed by atoms with van der Waals surface area (Å²) in [4.78, 5) is 18.8. The molecule has 2 aromatic carbocycles. The van der Waals surface area contributed by atoms with Crippen LogP contribution in [0.15, 0.2) is 66.9 Å². The summed E-state index contributed by atoms with van der Waals surface area (Å²) in [6, 6.07) is 17.9. The number of nitrogens with one attached hydrogen (secondary N) is 1. The Bertz CT molecular complexity index is 938. The quantitative estimate of drug-likeness (QED) is 0.756. The highest BCUT2D eigenvalue weighted by molar-refractivity contribution is 6.03. The first-order valence-corrected chi connectivity index (χ1v) is 8.52. The molecule has 4 nitrogen and oxygen atoms in total. The Kier molecular flexibility index (Phi) is 4.13. The van der Waals surface area contributed by atoms with Gasteiger partial charge in [0.05, 0.1) is 11.9 Å². The molecule has 5 heteroatoms. The van der Waals surface area contributed by atoms with Gasteiger partial charge in [0, 0.05) is 17.3 Å². The molecule has 0 saturated heterocycles. The predicted octanol–water partition coefficient (Wildman–Crippen LogP) is 4.56. The molecule has 0 aliphatic carbocycles. The van der Waals surface area contributed by atoms with Gasteiger partial charge in [0.15, 0.2) is 0 Å². The lowest BCUT2D eigenvalue weighted by Gasteiger charge is -2.24. The molecule has 1 aromatic heterocycles. The normalized spacial score (nSPS) is 15.6. The van der Waals surface area contributed by atoms with Gasteiger partial charge in [0.1, 0.15) is 11.6 Å². The van der Waals surface area contributed by atoms with Gasteiger partial charge in [-0.3, -0.25) is 4.79 Å². The third kappa shape index (κ3) is 3.04. The Morgan fingerprint density at radius 1 is 1.12 bits per heavy atom. The summed E-state index contributed by atoms with van der Waals surface area (Å²) in [6.45, 7) is 2.18. The number of amides is 1. The van der Waals surface area contributed by atoms with Crippen LogP contribution in [0.1, 0.15) is 22.8 Å². The van der Waals surface area contributed by atoms with Crippen molar-refractivity contribution in [2.75, 3.05) is 10.2 Å². The van der Waals surface area contributed by atoms with Crippen LogP contribution < -0.4 is 10.2 Å². The van der Waals surface area contributed by atoms with Crippen molar-refractivity contribution in [1.82, 2.24) is 4.98 Å². The molecule has 0 bridgehead atoms. The Morgan fingerprint density at radius 3 is 2.62 bits per heavy atom. The third-order valence-corrected chi connectivity index (χ3v) is 4.58. The van der Waals surface area contributed by atoms with Gasteiger partial charge in [-0.25, -0.2) is 9.37 Å². The molecule has 130 valence electrons. The van der Waals surface area contributed by atoms with Gasteiger partial charge >= 0.3 is 0 Å². The van der Waals surface area contributed by atoms with E-state index in [2.05, 4.69) is 40.3 Å². The summed E-state index contributed by atoms with van der Waals surface area (Å²) in [5, 5.41) is 2.73. The number of fused-ring (bicyclic) bond motifs is 1. The first-order chi connectivity index (χ1) is 12.6. The lowest BCUT2D eigenvalue weighted by molar-refractivity contribution is 0.102. The second kappa shape index (κ2) is 6.59. The van der Waals surface area contributed by atoms with Gasteiger partial charge in [-0.1, -0.05) is 18.2 Å². The zero-order valence-corrected chi connectivity index (χ0v) is 14.3. The fourth-order valence-electron chi connectivity index (χ4n) is 3.35. The summed E-state index contributed by atoms with van der Waals surface area (Å²) < 4.78 is 13.0. The first kappa shape index (κ1) is 16.3. The van der Waals surface area contributed by atoms with Crippen LogP contribution in [0.2, 0.25) is 0 Å². The monoisotopic (exact) mass is 347 g/mol. The number of benzene rings is 2. The van der Waals surface area contributed by atoms with Crippen LogP contribution in [0.3, 0.4) is 0 Å². The van der Waals surface area contributed by atoms with E-state index >= 15 is 0 Å². The molecule has 1 amide bonds. The minimum Gasteiger partial charge on any atom is -0.337 e. The lowest BCUT2D eigenvalue weighted by atomic mass is 10.1. The number of halogens is 1. The van der Waals surface area contributed by atoms with Crippen molar-refractivity contribution >= 4 is 23.1 Å². The first-order valence-electron chi connectivity index (χ1n) is 8.52. The molecule has 26 heavy (non-hydrogen) atoms. The average molecular weight is 347 g/mol. The van der Waals surface area contributed by atoms with Crippen molar-refractivity contribution in [3.05, 3.63) is 83.8 Å². The SMILES string of the molecule is CC1Cc2ccccc2N1c1ccc(NC(=O)c2ccc(F)cc2)nc1. The maximum absolute atomic E-state index is 13.0. The average Bonchev–Trinajstić information content (AvgIpc) is 2.99. The minimum atomic E-state index is -0.371. The Hall–Kier alpha value is -3.21. The van der Waals surface area contributed by atoms with Crippen LogP contribution in [0.25, 0.3) is 0 Å². The minimum absolute atomic E-state index is 0.315. The van der Waals surface area contributed by atoms with E-state index in [9.17, 15) is 9.18 Å². The summed E-state index contributed by atoms with van der Waals surface area (Å²) in [6.07, 6.45) is 2.76. The number of para-hydroxylation sites is 1. The van der Waals surface area contributed by atoms with Crippen molar-refractivity contribution in [1.29, 1.82) is 0 Å². The molecule has 1 unspecified atom stereocenters. The number of hydrogen-bond donors (Lipinski definition) is 1. The molecule has 0 spiro atoms. The molecule has 1 atom stereocenters. The van der Waals surface area contributed by atoms with Crippen LogP contribution in [-0.2, 0) is 6.42 Å². The van der Waals surface area contributed by atoms with E-state index in [1.165, 1.54) is 35.5 Å². The standard InChI is InChI=1S/C21H18FN3O/c1-14-12-16-4-2-3-5-19(16)25(14)18-10-11-20(23-13-18)24-21(26)15-6-8-17(22)9-7-15/h2-11,13-14H,12H2,1H3,(H,23,24,26). The number of pyridine rings is 1. The summed E-state index contributed by atoms with van der Waals surface area (Å²) in [5.74, 6) is -0.225. The number of nitrogens with zero attached hydrogens (tertiary/aromatic N) is 2. The van der Waals surface area contributed by atoms with Gasteiger partial charge < -0.3 is 10.2 Å². The van der Waals surface area contributed by atoms with E-state index in [0.717, 1.165) is 12.1 Å². The molecular formula is C21H18FN3O. The molecule has 1 N–H and O–H groups in total. The summed E-state index contributed by atoms with van der Waals surface area (Å²) >= 11 is 0. The van der Waals surface area contributed by atoms with Crippen molar-refractivity contribution in [3.8, 4) is 0 Å². The van der Waals surface area contributed by atoms with Gasteiger partial charge in [-0.05, 0) is 61.4 Å². The Labute approximate surface area is 151 Å². The Balaban J connectivity index is 1.52. The number of carbonyl (C=O) groups is 1. The molecule has 3 aromatic rings. The van der Waals surface area contributed by atoms with Crippen molar-refractivity contribution in [3.63, 3.8) is 0 Å². The van der Waals surface area contributed by atoms with Gasteiger partial charge in [0.2, 0.25) is 0 Å². The topological polar surface area (TPSA) is 45.2 Å². The van der Waals surface area contributed by atoms with Crippen LogP contribution in [-0.4, -0.2) is 16.9 Å². The summed E-state index contributed by atoms with van der Waals surface area (Å²) in [5.41, 5.74) is 3.90. The zero-order chi connectivity index (χ0) is 18.1. The fourth-order valence-corrected chi connectivity index (χ4v) is 3.35. The lowest BCUT2D eigenvalue weighted by Crippen LogP contribution is -2.24. The van der Waals surface area contributed by atoms with Crippen LogP contribution in [0, 0.1) is 5.82 Å². The number of hydrogen-bond acceptors (Lipinski definition) is 3.